The Morgan fingerprint density at radius 3 is 2.75 bits per heavy atom. The van der Waals surface area contributed by atoms with Crippen molar-refractivity contribution >= 4 is 34.2 Å². The van der Waals surface area contributed by atoms with Crippen molar-refractivity contribution in [3.05, 3.63) is 24.5 Å². The van der Waals surface area contributed by atoms with Crippen LogP contribution in [0.3, 0.4) is 0 Å². The maximum Gasteiger partial charge on any atom is 0.137 e. The molecule has 2 aromatic rings. The van der Waals surface area contributed by atoms with Crippen LogP contribution in [0.5, 0.6) is 0 Å². The Kier molecular flexibility index (Phi) is 3.96. The molecule has 1 saturated carbocycles. The molecule has 0 radical (unpaired) electrons. The fourth-order valence-corrected chi connectivity index (χ4v) is 3.57. The predicted octanol–water partition coefficient (Wildman–Crippen LogP) is 3.30. The summed E-state index contributed by atoms with van der Waals surface area (Å²) in [5.74, 6) is 0.933. The lowest BCUT2D eigenvalue weighted by Gasteiger charge is -2.28. The van der Waals surface area contributed by atoms with Crippen molar-refractivity contribution in [1.29, 1.82) is 0 Å². The van der Waals surface area contributed by atoms with Gasteiger partial charge in [0.1, 0.15) is 12.1 Å². The van der Waals surface area contributed by atoms with Crippen LogP contribution in [0.1, 0.15) is 25.7 Å². The Labute approximate surface area is 123 Å². The summed E-state index contributed by atoms with van der Waals surface area (Å²) < 4.78 is 0. The van der Waals surface area contributed by atoms with E-state index >= 15 is 0 Å². The highest BCUT2D eigenvalue weighted by Crippen LogP contribution is 2.30. The van der Waals surface area contributed by atoms with E-state index in [0.29, 0.717) is 6.04 Å². The molecule has 0 spiro atoms. The van der Waals surface area contributed by atoms with Crippen molar-refractivity contribution in [2.75, 3.05) is 17.3 Å². The molecule has 0 aliphatic heterocycles. The maximum atomic E-state index is 5.81. The largest absolute Gasteiger partial charge is 0.399 e. The number of nitrogen functional groups attached to an aromatic ring is 1. The number of aromatic nitrogens is 2. The molecule has 1 heterocycles. The van der Waals surface area contributed by atoms with Crippen LogP contribution >= 0.6 is 11.8 Å². The normalized spacial score (nSPS) is 22.9. The summed E-state index contributed by atoms with van der Waals surface area (Å²) in [6.45, 7) is 0. The Morgan fingerprint density at radius 2 is 2.00 bits per heavy atom. The standard InChI is InChI=1S/C15H20N4S/c1-20-12-5-3-11(4-6-12)19-15-13-7-2-10(16)8-14(13)17-9-18-15/h2,7-9,11-12H,3-6,16H2,1H3,(H,17,18,19). The van der Waals surface area contributed by atoms with E-state index in [1.807, 2.05) is 30.0 Å². The summed E-state index contributed by atoms with van der Waals surface area (Å²) in [4.78, 5) is 8.69. The van der Waals surface area contributed by atoms with Gasteiger partial charge in [0.25, 0.3) is 0 Å². The molecule has 1 aliphatic carbocycles. The summed E-state index contributed by atoms with van der Waals surface area (Å²) in [5, 5.41) is 5.47. The molecule has 20 heavy (non-hydrogen) atoms. The molecule has 3 N–H and O–H groups in total. The third kappa shape index (κ3) is 2.82. The van der Waals surface area contributed by atoms with Crippen LogP contribution in [0.4, 0.5) is 11.5 Å². The average molecular weight is 288 g/mol. The molecular formula is C15H20N4S. The quantitative estimate of drug-likeness (QED) is 0.848. The average Bonchev–Trinajstić information content (AvgIpc) is 2.48. The second-order valence-corrected chi connectivity index (χ2v) is 6.49. The Balaban J connectivity index is 1.78. The van der Waals surface area contributed by atoms with Crippen molar-refractivity contribution in [1.82, 2.24) is 9.97 Å². The van der Waals surface area contributed by atoms with Crippen LogP contribution < -0.4 is 11.1 Å². The lowest BCUT2D eigenvalue weighted by atomic mass is 9.95. The number of nitrogens with zero attached hydrogens (tertiary/aromatic N) is 2. The second-order valence-electron chi connectivity index (χ2n) is 5.35. The van der Waals surface area contributed by atoms with Gasteiger partial charge in [0.15, 0.2) is 0 Å². The first-order chi connectivity index (χ1) is 9.76. The molecule has 5 heteroatoms. The molecule has 0 amide bonds. The SMILES string of the molecule is CSC1CCC(Nc2ncnc3cc(N)ccc23)CC1. The highest BCUT2D eigenvalue weighted by Gasteiger charge is 2.21. The van der Waals surface area contributed by atoms with Crippen LogP contribution in [-0.4, -0.2) is 27.5 Å². The second kappa shape index (κ2) is 5.87. The first kappa shape index (κ1) is 13.5. The smallest absolute Gasteiger partial charge is 0.137 e. The van der Waals surface area contributed by atoms with Crippen LogP contribution in [0.2, 0.25) is 0 Å². The van der Waals surface area contributed by atoms with E-state index in [0.717, 1.165) is 27.7 Å². The predicted molar refractivity (Wildman–Crippen MR) is 87.1 cm³/mol. The fraction of sp³-hybridized carbons (Fsp3) is 0.467. The van der Waals surface area contributed by atoms with Crippen LogP contribution in [-0.2, 0) is 0 Å². The lowest BCUT2D eigenvalue weighted by molar-refractivity contribution is 0.472. The highest BCUT2D eigenvalue weighted by molar-refractivity contribution is 7.99. The first-order valence-corrected chi connectivity index (χ1v) is 8.34. The van der Waals surface area contributed by atoms with Gasteiger partial charge in [-0.1, -0.05) is 0 Å². The number of nitrogens with two attached hydrogens (primary N) is 1. The van der Waals surface area contributed by atoms with Gasteiger partial charge in [-0.2, -0.15) is 11.8 Å². The molecule has 0 unspecified atom stereocenters. The number of benzene rings is 1. The topological polar surface area (TPSA) is 63.8 Å². The minimum Gasteiger partial charge on any atom is -0.399 e. The zero-order chi connectivity index (χ0) is 13.9. The van der Waals surface area contributed by atoms with Crippen LogP contribution in [0.15, 0.2) is 24.5 Å². The Morgan fingerprint density at radius 1 is 1.20 bits per heavy atom. The Hall–Kier alpha value is -1.49. The number of fused-ring (bicyclic) bond motifs is 1. The third-order valence-corrected chi connectivity index (χ3v) is 5.15. The molecule has 1 fully saturated rings. The number of hydrogen-bond donors (Lipinski definition) is 2. The number of thioether (sulfide) groups is 1. The van der Waals surface area contributed by atoms with Gasteiger partial charge in [-0.3, -0.25) is 0 Å². The van der Waals surface area contributed by atoms with Crippen molar-refractivity contribution in [2.45, 2.75) is 37.0 Å². The van der Waals surface area contributed by atoms with E-state index in [1.54, 1.807) is 6.33 Å². The monoisotopic (exact) mass is 288 g/mol. The molecule has 1 aromatic heterocycles. The first-order valence-electron chi connectivity index (χ1n) is 7.06. The van der Waals surface area contributed by atoms with Crippen LogP contribution in [0, 0.1) is 0 Å². The summed E-state index contributed by atoms with van der Waals surface area (Å²) in [6.07, 6.45) is 8.82. The van der Waals surface area contributed by atoms with Gasteiger partial charge in [0.05, 0.1) is 5.52 Å². The molecule has 1 aliphatic rings. The molecule has 106 valence electrons. The number of hydrogen-bond acceptors (Lipinski definition) is 5. The highest BCUT2D eigenvalue weighted by atomic mass is 32.2. The van der Waals surface area contributed by atoms with Crippen molar-refractivity contribution in [2.24, 2.45) is 0 Å². The van der Waals surface area contributed by atoms with Gasteiger partial charge in [-0.25, -0.2) is 9.97 Å². The Bertz CT molecular complexity index is 593. The number of anilines is 2. The minimum atomic E-state index is 0.522. The summed E-state index contributed by atoms with van der Waals surface area (Å²) >= 11 is 1.99. The van der Waals surface area contributed by atoms with Gasteiger partial charge in [-0.05, 0) is 50.1 Å². The number of nitrogens with one attached hydrogen (secondary N) is 1. The van der Waals surface area contributed by atoms with E-state index in [1.165, 1.54) is 25.7 Å². The molecule has 4 nitrogen and oxygen atoms in total. The van der Waals surface area contributed by atoms with Gasteiger partial charge in [0.2, 0.25) is 0 Å². The summed E-state index contributed by atoms with van der Waals surface area (Å²) in [6, 6.07) is 6.32. The van der Waals surface area contributed by atoms with E-state index in [-0.39, 0.29) is 0 Å². The molecule has 0 bridgehead atoms. The number of rotatable bonds is 3. The van der Waals surface area contributed by atoms with E-state index in [4.69, 9.17) is 5.73 Å². The zero-order valence-electron chi connectivity index (χ0n) is 11.7. The van der Waals surface area contributed by atoms with Crippen LogP contribution in [0.25, 0.3) is 10.9 Å². The maximum absolute atomic E-state index is 5.81. The van der Waals surface area contributed by atoms with Crippen molar-refractivity contribution in [3.8, 4) is 0 Å². The fourth-order valence-electron chi connectivity index (χ4n) is 2.83. The third-order valence-electron chi connectivity index (χ3n) is 4.01. The van der Waals surface area contributed by atoms with Crippen molar-refractivity contribution in [3.63, 3.8) is 0 Å². The zero-order valence-corrected chi connectivity index (χ0v) is 12.5. The van der Waals surface area contributed by atoms with E-state index in [9.17, 15) is 0 Å². The molecule has 0 atom stereocenters. The van der Waals surface area contributed by atoms with Gasteiger partial charge >= 0.3 is 0 Å². The van der Waals surface area contributed by atoms with E-state index < -0.39 is 0 Å². The molecular weight excluding hydrogens is 268 g/mol. The molecule has 0 saturated heterocycles. The van der Waals surface area contributed by atoms with Crippen molar-refractivity contribution < 1.29 is 0 Å². The lowest BCUT2D eigenvalue weighted by Crippen LogP contribution is -2.27. The summed E-state index contributed by atoms with van der Waals surface area (Å²) in [7, 11) is 0. The summed E-state index contributed by atoms with van der Waals surface area (Å²) in [5.41, 5.74) is 7.45. The van der Waals surface area contributed by atoms with E-state index in [2.05, 4.69) is 21.5 Å². The van der Waals surface area contributed by atoms with Gasteiger partial charge < -0.3 is 11.1 Å². The van der Waals surface area contributed by atoms with Gasteiger partial charge in [0, 0.05) is 22.4 Å². The molecule has 1 aromatic carbocycles. The molecule has 3 rings (SSSR count). The minimum absolute atomic E-state index is 0.522. The van der Waals surface area contributed by atoms with Gasteiger partial charge in [-0.15, -0.1) is 0 Å².